The van der Waals surface area contributed by atoms with E-state index in [1.807, 2.05) is 18.7 Å². The van der Waals surface area contributed by atoms with E-state index >= 15 is 0 Å². The van der Waals surface area contributed by atoms with Crippen LogP contribution in [0.2, 0.25) is 0 Å². The molecule has 0 spiro atoms. The Morgan fingerprint density at radius 1 is 0.612 bits per heavy atom. The van der Waals surface area contributed by atoms with Crippen LogP contribution in [0, 0.1) is 29.1 Å². The Morgan fingerprint density at radius 2 is 0.940 bits per heavy atom. The smallest absolute Gasteiger partial charge is 0.481 e. The topological polar surface area (TPSA) is 99.5 Å². The van der Waals surface area contributed by atoms with Crippen molar-refractivity contribution in [3.63, 3.8) is 0 Å². The van der Waals surface area contributed by atoms with E-state index in [4.69, 9.17) is 10.2 Å². The Bertz CT molecular complexity index is 1620. The number of hydrogen-bond donors (Lipinski definition) is 2. The molecule has 2 heterocycles. The van der Waals surface area contributed by atoms with Gasteiger partial charge in [-0.25, -0.2) is 0 Å². The summed E-state index contributed by atoms with van der Waals surface area (Å²) in [6, 6.07) is 10.8. The Morgan fingerprint density at radius 3 is 1.21 bits per heavy atom. The van der Waals surface area contributed by atoms with Crippen LogP contribution in [0.25, 0.3) is 0 Å². The van der Waals surface area contributed by atoms with Crippen molar-refractivity contribution in [3.8, 4) is 11.5 Å². The van der Waals surface area contributed by atoms with Crippen molar-refractivity contribution in [2.24, 2.45) is 29.1 Å². The molecule has 0 saturated carbocycles. The van der Waals surface area contributed by atoms with Gasteiger partial charge in [-0.05, 0) is 129 Å². The summed E-state index contributed by atoms with van der Waals surface area (Å²) in [7, 11) is 0. The summed E-state index contributed by atoms with van der Waals surface area (Å²) in [5.41, 5.74) is 1.69. The SMILES string of the molecule is CC.CC(C)(C)CCN1CC[C@@H](CC(=O)O)CC1c1ccc(OC(F)(F)F)cc1.CCC(C)C.CCC(C)C.O=C(O)C[C@@H]1CCN(CCCC(F)(F)F)[C@H](c2ccc(OC(F)(F)F)cc2)C1. The fourth-order valence-corrected chi connectivity index (χ4v) is 7.01. The number of rotatable bonds is 15. The number of carbonyl (C=O) groups is 2. The van der Waals surface area contributed by atoms with Gasteiger partial charge in [0.2, 0.25) is 0 Å². The summed E-state index contributed by atoms with van der Waals surface area (Å²) >= 11 is 0. The first-order valence-corrected chi connectivity index (χ1v) is 23.6. The van der Waals surface area contributed by atoms with Crippen molar-refractivity contribution in [2.45, 2.75) is 178 Å². The molecule has 388 valence electrons. The summed E-state index contributed by atoms with van der Waals surface area (Å²) in [5, 5.41) is 18.1. The van der Waals surface area contributed by atoms with Crippen LogP contribution < -0.4 is 9.47 Å². The summed E-state index contributed by atoms with van der Waals surface area (Å²) in [4.78, 5) is 26.2. The molecule has 8 nitrogen and oxygen atoms in total. The normalized spacial score (nSPS) is 19.3. The quantitative estimate of drug-likeness (QED) is 0.170. The minimum absolute atomic E-state index is 0.00499. The van der Waals surface area contributed by atoms with Crippen molar-refractivity contribution in [1.29, 1.82) is 0 Å². The third-order valence-electron chi connectivity index (χ3n) is 11.3. The molecule has 2 aromatic carbocycles. The number of carboxylic acid groups (broad SMARTS) is 2. The minimum atomic E-state index is -4.82. The number of ether oxygens (including phenoxy) is 2. The standard InChI is InChI=1S/C20H28F3NO3.C18H21F6NO3.2C5H12.C2H6/c1-19(2,3)9-11-24-10-8-14(13-18(25)26)12-17(24)15-4-6-16(7-5-15)27-20(21,22)23;19-17(20,21)7-1-8-25-9-6-12(11-16(26)27)10-15(25)13-2-4-14(5-3-13)28-18(22,23)24;2*1-4-5(2)3;1-2/h4-7,14,17H,8-13H2,1-3H3,(H,25,26);2-5,12,15H,1,6-11H2,(H,26,27);2*5H,4H2,1-3H3;1-2H3/t14-,17?;12-,15+;;;/m11.../s1. The molecular formula is C50H79F9N2O6. The van der Waals surface area contributed by atoms with Crippen LogP contribution in [0.5, 0.6) is 11.5 Å². The second kappa shape index (κ2) is 30.7. The van der Waals surface area contributed by atoms with Crippen molar-refractivity contribution < 1.29 is 68.8 Å². The predicted octanol–water partition coefficient (Wildman–Crippen LogP) is 15.5. The number of aliphatic carboxylic acids is 2. The second-order valence-electron chi connectivity index (χ2n) is 18.9. The van der Waals surface area contributed by atoms with Crippen molar-refractivity contribution in [3.05, 3.63) is 59.7 Å². The highest BCUT2D eigenvalue weighted by Gasteiger charge is 2.35. The summed E-state index contributed by atoms with van der Waals surface area (Å²) in [6.07, 6.45) is -8.66. The minimum Gasteiger partial charge on any atom is -0.481 e. The predicted molar refractivity (Wildman–Crippen MR) is 246 cm³/mol. The molecule has 2 aliphatic heterocycles. The van der Waals surface area contributed by atoms with E-state index in [1.165, 1.54) is 37.1 Å². The van der Waals surface area contributed by atoms with Gasteiger partial charge in [-0.15, -0.1) is 26.3 Å². The molecule has 0 amide bonds. The van der Waals surface area contributed by atoms with E-state index in [0.29, 0.717) is 31.4 Å². The molecule has 0 bridgehead atoms. The van der Waals surface area contributed by atoms with Crippen LogP contribution in [0.4, 0.5) is 39.5 Å². The van der Waals surface area contributed by atoms with Crippen molar-refractivity contribution in [2.75, 3.05) is 26.2 Å². The highest BCUT2D eigenvalue weighted by molar-refractivity contribution is 5.67. The Balaban J connectivity index is 0.00000105. The van der Waals surface area contributed by atoms with Gasteiger partial charge in [0.15, 0.2) is 0 Å². The number of nitrogens with zero attached hydrogens (tertiary/aromatic N) is 2. The highest BCUT2D eigenvalue weighted by atomic mass is 19.4. The van der Waals surface area contributed by atoms with E-state index < -0.39 is 43.0 Å². The van der Waals surface area contributed by atoms with Crippen LogP contribution in [-0.2, 0) is 9.59 Å². The maximum Gasteiger partial charge on any atom is 0.573 e. The monoisotopic (exact) mass is 975 g/mol. The Hall–Kier alpha value is -3.73. The van der Waals surface area contributed by atoms with Crippen LogP contribution in [-0.4, -0.2) is 77.0 Å². The molecule has 67 heavy (non-hydrogen) atoms. The van der Waals surface area contributed by atoms with Crippen LogP contribution >= 0.6 is 0 Å². The number of likely N-dealkylation sites (tertiary alicyclic amines) is 2. The van der Waals surface area contributed by atoms with Gasteiger partial charge < -0.3 is 19.7 Å². The van der Waals surface area contributed by atoms with Gasteiger partial charge in [0, 0.05) is 31.3 Å². The molecule has 4 atom stereocenters. The van der Waals surface area contributed by atoms with Crippen molar-refractivity contribution >= 4 is 11.9 Å². The lowest BCUT2D eigenvalue weighted by Crippen LogP contribution is -2.39. The fraction of sp³-hybridized carbons (Fsp3) is 0.720. The van der Waals surface area contributed by atoms with Crippen molar-refractivity contribution in [1.82, 2.24) is 9.80 Å². The second-order valence-corrected chi connectivity index (χ2v) is 18.9. The summed E-state index contributed by atoms with van der Waals surface area (Å²) in [5.74, 6) is -0.705. The number of benzene rings is 2. The van der Waals surface area contributed by atoms with Gasteiger partial charge >= 0.3 is 30.8 Å². The lowest BCUT2D eigenvalue weighted by Gasteiger charge is -2.40. The van der Waals surface area contributed by atoms with Crippen LogP contribution in [0.3, 0.4) is 0 Å². The van der Waals surface area contributed by atoms with Crippen LogP contribution in [0.1, 0.15) is 170 Å². The first-order chi connectivity index (χ1) is 30.9. The third-order valence-corrected chi connectivity index (χ3v) is 11.3. The van der Waals surface area contributed by atoms with E-state index in [2.05, 4.69) is 76.7 Å². The largest absolute Gasteiger partial charge is 0.573 e. The zero-order valence-corrected chi connectivity index (χ0v) is 41.5. The number of halogens is 9. The third kappa shape index (κ3) is 31.1. The Labute approximate surface area is 394 Å². The van der Waals surface area contributed by atoms with Crippen LogP contribution in [0.15, 0.2) is 48.5 Å². The molecule has 2 aromatic rings. The van der Waals surface area contributed by atoms with E-state index in [1.54, 1.807) is 12.1 Å². The molecule has 4 rings (SSSR count). The van der Waals surface area contributed by atoms with E-state index in [9.17, 15) is 49.1 Å². The lowest BCUT2D eigenvalue weighted by atomic mass is 9.84. The van der Waals surface area contributed by atoms with Gasteiger partial charge in [0.05, 0.1) is 0 Å². The molecule has 2 N–H and O–H groups in total. The molecule has 1 unspecified atom stereocenters. The molecule has 2 aliphatic rings. The summed E-state index contributed by atoms with van der Waals surface area (Å²) < 4.78 is 119. The molecule has 2 saturated heterocycles. The number of hydrogen-bond acceptors (Lipinski definition) is 6. The molecule has 17 heteroatoms. The van der Waals surface area contributed by atoms with Gasteiger partial charge in [-0.2, -0.15) is 13.2 Å². The van der Waals surface area contributed by atoms with Gasteiger partial charge in [-0.3, -0.25) is 19.4 Å². The maximum absolute atomic E-state index is 12.4. The number of piperidine rings is 2. The van der Waals surface area contributed by atoms with Gasteiger partial charge in [-0.1, -0.05) is 113 Å². The fourth-order valence-electron chi connectivity index (χ4n) is 7.01. The van der Waals surface area contributed by atoms with Gasteiger partial charge in [0.25, 0.3) is 0 Å². The molecule has 0 aliphatic carbocycles. The molecular weight excluding hydrogens is 896 g/mol. The van der Waals surface area contributed by atoms with E-state index in [-0.39, 0.29) is 60.9 Å². The number of alkyl halides is 9. The maximum atomic E-state index is 12.4. The Kier molecular flexibility index (Phi) is 29.0. The van der Waals surface area contributed by atoms with E-state index in [0.717, 1.165) is 55.5 Å². The highest BCUT2D eigenvalue weighted by Crippen LogP contribution is 2.39. The first-order valence-electron chi connectivity index (χ1n) is 23.6. The summed E-state index contributed by atoms with van der Waals surface area (Å²) in [6.45, 7) is 26.1. The molecule has 2 fully saturated rings. The number of carboxylic acids is 2. The zero-order chi connectivity index (χ0) is 51.8. The first kappa shape index (κ1) is 63.3. The molecule has 0 aromatic heterocycles. The lowest BCUT2D eigenvalue weighted by molar-refractivity contribution is -0.275. The zero-order valence-electron chi connectivity index (χ0n) is 41.5. The average molecular weight is 975 g/mol. The van der Waals surface area contributed by atoms with Gasteiger partial charge in [0.1, 0.15) is 11.5 Å². The average Bonchev–Trinajstić information content (AvgIpc) is 3.20. The molecule has 0 radical (unpaired) electrons.